The Morgan fingerprint density at radius 3 is 2.35 bits per heavy atom. The lowest BCUT2D eigenvalue weighted by Crippen LogP contribution is -2.29. The van der Waals surface area contributed by atoms with E-state index in [0.29, 0.717) is 17.0 Å². The summed E-state index contributed by atoms with van der Waals surface area (Å²) >= 11 is 0. The molecule has 7 heteroatoms. The highest BCUT2D eigenvalue weighted by molar-refractivity contribution is 6.58. The van der Waals surface area contributed by atoms with Crippen molar-refractivity contribution >= 4 is 18.3 Å². The van der Waals surface area contributed by atoms with E-state index in [1.807, 2.05) is 0 Å². The Hall–Kier alpha value is -2.38. The Morgan fingerprint density at radius 2 is 1.80 bits per heavy atom. The van der Waals surface area contributed by atoms with E-state index >= 15 is 0 Å². The quantitative estimate of drug-likeness (QED) is 0.498. The van der Waals surface area contributed by atoms with Crippen molar-refractivity contribution in [2.45, 2.75) is 6.92 Å². The first-order valence-electron chi connectivity index (χ1n) is 5.86. The molecule has 0 saturated heterocycles. The predicted octanol–water partition coefficient (Wildman–Crippen LogP) is 1.38. The van der Waals surface area contributed by atoms with Gasteiger partial charge in [-0.3, -0.25) is 10.1 Å². The van der Waals surface area contributed by atoms with E-state index in [4.69, 9.17) is 14.8 Å². The highest BCUT2D eigenvalue weighted by atomic mass is 16.6. The molecule has 102 valence electrons. The highest BCUT2D eigenvalue weighted by Crippen LogP contribution is 2.28. The maximum atomic E-state index is 10.7. The van der Waals surface area contributed by atoms with Crippen molar-refractivity contribution < 1.29 is 19.7 Å². The van der Waals surface area contributed by atoms with Crippen LogP contribution in [0.4, 0.5) is 5.69 Å². The summed E-state index contributed by atoms with van der Waals surface area (Å²) in [7, 11) is -1.54. The molecule has 20 heavy (non-hydrogen) atoms. The molecule has 2 aromatic rings. The summed E-state index contributed by atoms with van der Waals surface area (Å²) in [4.78, 5) is 10.2. The number of nitrogens with zero attached hydrogens (tertiary/aromatic N) is 1. The van der Waals surface area contributed by atoms with Crippen LogP contribution in [-0.4, -0.2) is 22.1 Å². The fourth-order valence-electron chi connectivity index (χ4n) is 1.65. The minimum absolute atomic E-state index is 0.0481. The van der Waals surface area contributed by atoms with Crippen molar-refractivity contribution in [3.8, 4) is 11.5 Å². The Kier molecular flexibility index (Phi) is 4.02. The lowest BCUT2D eigenvalue weighted by atomic mass is 9.80. The largest absolute Gasteiger partial charge is 0.488 e. The van der Waals surface area contributed by atoms with Gasteiger partial charge in [-0.15, -0.1) is 0 Å². The summed E-state index contributed by atoms with van der Waals surface area (Å²) in [6.07, 6.45) is 0. The summed E-state index contributed by atoms with van der Waals surface area (Å²) in [5.74, 6) is 0.842. The van der Waals surface area contributed by atoms with E-state index in [2.05, 4.69) is 0 Å². The zero-order valence-corrected chi connectivity index (χ0v) is 10.7. The van der Waals surface area contributed by atoms with Crippen LogP contribution in [0.5, 0.6) is 11.5 Å². The second-order valence-corrected chi connectivity index (χ2v) is 4.25. The van der Waals surface area contributed by atoms with Crippen molar-refractivity contribution in [3.63, 3.8) is 0 Å². The van der Waals surface area contributed by atoms with Gasteiger partial charge in [0, 0.05) is 6.07 Å². The number of ether oxygens (including phenoxy) is 1. The average Bonchev–Trinajstić information content (AvgIpc) is 2.41. The molecular formula is C13H12BNO5. The number of rotatable bonds is 4. The molecule has 0 spiro atoms. The van der Waals surface area contributed by atoms with Crippen molar-refractivity contribution in [1.82, 2.24) is 0 Å². The maximum absolute atomic E-state index is 10.7. The number of hydrogen-bond acceptors (Lipinski definition) is 5. The van der Waals surface area contributed by atoms with E-state index in [1.54, 1.807) is 25.1 Å². The van der Waals surface area contributed by atoms with E-state index < -0.39 is 12.0 Å². The topological polar surface area (TPSA) is 92.8 Å². The summed E-state index contributed by atoms with van der Waals surface area (Å²) in [6, 6.07) is 10.5. The maximum Gasteiger partial charge on any atom is 0.488 e. The third-order valence-electron chi connectivity index (χ3n) is 2.79. The van der Waals surface area contributed by atoms with Gasteiger partial charge in [0.05, 0.1) is 11.0 Å². The van der Waals surface area contributed by atoms with Gasteiger partial charge in [-0.2, -0.15) is 0 Å². The normalized spacial score (nSPS) is 10.2. The van der Waals surface area contributed by atoms with Gasteiger partial charge in [0.2, 0.25) is 0 Å². The molecule has 2 rings (SSSR count). The van der Waals surface area contributed by atoms with Crippen LogP contribution in [0.25, 0.3) is 0 Å². The first-order chi connectivity index (χ1) is 9.47. The first-order valence-corrected chi connectivity index (χ1v) is 5.86. The van der Waals surface area contributed by atoms with Gasteiger partial charge < -0.3 is 14.8 Å². The van der Waals surface area contributed by atoms with Crippen molar-refractivity contribution in [3.05, 3.63) is 58.1 Å². The smallest absolute Gasteiger partial charge is 0.457 e. The van der Waals surface area contributed by atoms with Crippen LogP contribution < -0.4 is 10.2 Å². The van der Waals surface area contributed by atoms with Crippen LogP contribution in [0, 0.1) is 17.0 Å². The molecule has 0 fully saturated rings. The summed E-state index contributed by atoms with van der Waals surface area (Å²) in [6.45, 7) is 1.78. The number of benzene rings is 2. The molecule has 0 aliphatic carbocycles. The SMILES string of the molecule is Cc1ccc([N+](=O)[O-])cc1Oc1ccc(B(O)O)cc1. The lowest BCUT2D eigenvalue weighted by molar-refractivity contribution is -0.384. The molecule has 2 aromatic carbocycles. The molecule has 0 heterocycles. The van der Waals surface area contributed by atoms with Gasteiger partial charge in [0.1, 0.15) is 11.5 Å². The number of aryl methyl sites for hydroxylation is 1. The van der Waals surface area contributed by atoms with Gasteiger partial charge in [-0.25, -0.2) is 0 Å². The van der Waals surface area contributed by atoms with Crippen LogP contribution in [0.3, 0.4) is 0 Å². The number of nitro benzene ring substituents is 1. The molecule has 0 aliphatic rings. The molecule has 0 atom stereocenters. The molecule has 0 aromatic heterocycles. The van der Waals surface area contributed by atoms with Crippen molar-refractivity contribution in [2.24, 2.45) is 0 Å². The molecule has 0 saturated carbocycles. The zero-order valence-electron chi connectivity index (χ0n) is 10.7. The van der Waals surface area contributed by atoms with Gasteiger partial charge in [-0.05, 0) is 36.1 Å². The molecule has 0 aliphatic heterocycles. The van der Waals surface area contributed by atoms with E-state index in [-0.39, 0.29) is 5.69 Å². The Morgan fingerprint density at radius 1 is 1.15 bits per heavy atom. The average molecular weight is 273 g/mol. The van der Waals surface area contributed by atoms with Crippen molar-refractivity contribution in [2.75, 3.05) is 0 Å². The van der Waals surface area contributed by atoms with Crippen LogP contribution in [0.1, 0.15) is 5.56 Å². The number of hydrogen-bond donors (Lipinski definition) is 2. The van der Waals surface area contributed by atoms with Gasteiger partial charge in [-0.1, -0.05) is 12.1 Å². The third kappa shape index (κ3) is 3.14. The van der Waals surface area contributed by atoms with Crippen LogP contribution >= 0.6 is 0 Å². The Labute approximate surface area is 115 Å². The fourth-order valence-corrected chi connectivity index (χ4v) is 1.65. The van der Waals surface area contributed by atoms with Gasteiger partial charge in [0.25, 0.3) is 5.69 Å². The molecular weight excluding hydrogens is 261 g/mol. The zero-order chi connectivity index (χ0) is 14.7. The standard InChI is InChI=1S/C13H12BNO5/c1-9-2-5-11(15(18)19)8-13(9)20-12-6-3-10(4-7-12)14(16)17/h2-8,16-17H,1H3. The van der Waals surface area contributed by atoms with Gasteiger partial charge >= 0.3 is 7.12 Å². The molecule has 2 N–H and O–H groups in total. The van der Waals surface area contributed by atoms with Gasteiger partial charge in [0.15, 0.2) is 0 Å². The predicted molar refractivity (Wildman–Crippen MR) is 74.2 cm³/mol. The van der Waals surface area contributed by atoms with Crippen LogP contribution in [-0.2, 0) is 0 Å². The molecule has 6 nitrogen and oxygen atoms in total. The second kappa shape index (κ2) is 5.73. The monoisotopic (exact) mass is 273 g/mol. The Balaban J connectivity index is 2.25. The molecule has 0 bridgehead atoms. The van der Waals surface area contributed by atoms with Crippen LogP contribution in [0.15, 0.2) is 42.5 Å². The fraction of sp³-hybridized carbons (Fsp3) is 0.0769. The molecule has 0 amide bonds. The minimum atomic E-state index is -1.54. The third-order valence-corrected chi connectivity index (χ3v) is 2.79. The number of non-ortho nitro benzene ring substituents is 1. The minimum Gasteiger partial charge on any atom is -0.457 e. The second-order valence-electron chi connectivity index (χ2n) is 4.25. The van der Waals surface area contributed by atoms with E-state index in [0.717, 1.165) is 5.56 Å². The van der Waals surface area contributed by atoms with Crippen LogP contribution in [0.2, 0.25) is 0 Å². The summed E-state index contributed by atoms with van der Waals surface area (Å²) in [5, 5.41) is 28.7. The van der Waals surface area contributed by atoms with E-state index in [9.17, 15) is 10.1 Å². The van der Waals surface area contributed by atoms with Crippen molar-refractivity contribution in [1.29, 1.82) is 0 Å². The summed E-state index contributed by atoms with van der Waals surface area (Å²) < 4.78 is 5.57. The first kappa shape index (κ1) is 14.0. The number of nitro groups is 1. The molecule has 0 unspecified atom stereocenters. The molecule has 0 radical (unpaired) electrons. The Bertz CT molecular complexity index is 627. The lowest BCUT2D eigenvalue weighted by Gasteiger charge is -2.09. The highest BCUT2D eigenvalue weighted by Gasteiger charge is 2.12. The van der Waals surface area contributed by atoms with E-state index in [1.165, 1.54) is 24.3 Å². The summed E-state index contributed by atoms with van der Waals surface area (Å²) in [5.41, 5.74) is 1.06.